The second kappa shape index (κ2) is 7.51. The smallest absolute Gasteiger partial charge is 0.293 e. The largest absolute Gasteiger partial charge is 0.468 e. The first kappa shape index (κ1) is 10.4. The van der Waals surface area contributed by atoms with E-state index < -0.39 is 6.17 Å². The Kier molecular flexibility index (Phi) is 7.10. The Labute approximate surface area is 66.7 Å². The Balaban J connectivity index is 0.000000207. The molecule has 0 heterocycles. The van der Waals surface area contributed by atoms with E-state index in [-0.39, 0.29) is 0 Å². The molecule has 66 valence electrons. The predicted molar refractivity (Wildman–Crippen MR) is 41.1 cm³/mol. The molecule has 1 aliphatic rings. The van der Waals surface area contributed by atoms with Crippen molar-refractivity contribution in [3.05, 3.63) is 0 Å². The van der Waals surface area contributed by atoms with Crippen LogP contribution in [0.25, 0.3) is 0 Å². The van der Waals surface area contributed by atoms with Crippen LogP contribution in [-0.4, -0.2) is 19.3 Å². The monoisotopic (exact) mass is 162 g/mol. The molecule has 0 spiro atoms. The van der Waals surface area contributed by atoms with Gasteiger partial charge in [-0.3, -0.25) is 4.79 Å². The summed E-state index contributed by atoms with van der Waals surface area (Å²) < 4.78 is 15.5. The number of carbonyl (C=O) groups is 1. The van der Waals surface area contributed by atoms with E-state index >= 15 is 0 Å². The standard InChI is InChI=1S/C5H10O2.C3H5F/c1-2-3-4-7-5-6;4-3-1-2-3/h5H,2-4H2,1H3;3H,1-2H2. The van der Waals surface area contributed by atoms with Crippen LogP contribution in [0, 0.1) is 0 Å². The third kappa shape index (κ3) is 12.6. The minimum Gasteiger partial charge on any atom is -0.468 e. The van der Waals surface area contributed by atoms with Crippen molar-refractivity contribution in [2.45, 2.75) is 38.8 Å². The molecule has 0 atom stereocenters. The van der Waals surface area contributed by atoms with Crippen molar-refractivity contribution in [1.29, 1.82) is 0 Å². The van der Waals surface area contributed by atoms with Gasteiger partial charge in [-0.1, -0.05) is 13.3 Å². The van der Waals surface area contributed by atoms with Crippen LogP contribution >= 0.6 is 0 Å². The molecule has 1 rings (SSSR count). The molecule has 0 saturated heterocycles. The van der Waals surface area contributed by atoms with Gasteiger partial charge < -0.3 is 4.74 Å². The maximum absolute atomic E-state index is 11.1. The number of hydrogen-bond donors (Lipinski definition) is 0. The Morgan fingerprint density at radius 3 is 2.45 bits per heavy atom. The number of unbranched alkanes of at least 4 members (excludes halogenated alkanes) is 1. The van der Waals surface area contributed by atoms with Gasteiger partial charge in [0.2, 0.25) is 0 Å². The molecule has 1 fully saturated rings. The zero-order valence-corrected chi connectivity index (χ0v) is 6.88. The second-order valence-corrected chi connectivity index (χ2v) is 2.50. The van der Waals surface area contributed by atoms with Gasteiger partial charge in [0, 0.05) is 0 Å². The van der Waals surface area contributed by atoms with Gasteiger partial charge in [-0.15, -0.1) is 0 Å². The van der Waals surface area contributed by atoms with Crippen molar-refractivity contribution >= 4 is 6.47 Å². The third-order valence-electron chi connectivity index (χ3n) is 1.19. The first-order valence-corrected chi connectivity index (χ1v) is 4.00. The summed E-state index contributed by atoms with van der Waals surface area (Å²) >= 11 is 0. The van der Waals surface area contributed by atoms with E-state index in [2.05, 4.69) is 4.74 Å². The quantitative estimate of drug-likeness (QED) is 0.467. The molecule has 2 nitrogen and oxygen atoms in total. The predicted octanol–water partition coefficient (Wildman–Crippen LogP) is 2.08. The molecule has 1 saturated carbocycles. The van der Waals surface area contributed by atoms with Crippen LogP contribution < -0.4 is 0 Å². The highest BCUT2D eigenvalue weighted by Crippen LogP contribution is 2.22. The van der Waals surface area contributed by atoms with E-state index in [0.29, 0.717) is 13.1 Å². The van der Waals surface area contributed by atoms with Crippen molar-refractivity contribution in [1.82, 2.24) is 0 Å². The van der Waals surface area contributed by atoms with Crippen LogP contribution in [0.2, 0.25) is 0 Å². The molecule has 1 aliphatic carbocycles. The maximum Gasteiger partial charge on any atom is 0.293 e. The lowest BCUT2D eigenvalue weighted by atomic mass is 10.4. The summed E-state index contributed by atoms with van der Waals surface area (Å²) in [5.74, 6) is 0. The van der Waals surface area contributed by atoms with Gasteiger partial charge in [0.15, 0.2) is 0 Å². The summed E-state index contributed by atoms with van der Waals surface area (Å²) in [7, 11) is 0. The Bertz CT molecular complexity index is 92.1. The van der Waals surface area contributed by atoms with Crippen LogP contribution in [0.4, 0.5) is 4.39 Å². The number of ether oxygens (including phenoxy) is 1. The second-order valence-electron chi connectivity index (χ2n) is 2.50. The topological polar surface area (TPSA) is 26.3 Å². The van der Waals surface area contributed by atoms with Gasteiger partial charge in [0.05, 0.1) is 6.61 Å². The Morgan fingerprint density at radius 1 is 1.64 bits per heavy atom. The molecule has 0 bridgehead atoms. The maximum atomic E-state index is 11.1. The lowest BCUT2D eigenvalue weighted by Crippen LogP contribution is -1.88. The van der Waals surface area contributed by atoms with Crippen molar-refractivity contribution < 1.29 is 13.9 Å². The highest BCUT2D eigenvalue weighted by Gasteiger charge is 2.18. The zero-order valence-electron chi connectivity index (χ0n) is 6.88. The van der Waals surface area contributed by atoms with E-state index in [9.17, 15) is 9.18 Å². The van der Waals surface area contributed by atoms with E-state index in [1.165, 1.54) is 0 Å². The summed E-state index contributed by atoms with van der Waals surface area (Å²) in [6.45, 7) is 3.10. The molecule has 0 amide bonds. The van der Waals surface area contributed by atoms with Crippen molar-refractivity contribution in [3.63, 3.8) is 0 Å². The highest BCUT2D eigenvalue weighted by molar-refractivity contribution is 5.36. The fourth-order valence-electron chi connectivity index (χ4n) is 0.339. The van der Waals surface area contributed by atoms with Crippen LogP contribution in [0.3, 0.4) is 0 Å². The molecule has 0 aliphatic heterocycles. The first-order chi connectivity index (χ1) is 5.31. The lowest BCUT2D eigenvalue weighted by molar-refractivity contribution is -0.128. The number of carbonyl (C=O) groups excluding carboxylic acids is 1. The van der Waals surface area contributed by atoms with Crippen molar-refractivity contribution in [2.75, 3.05) is 6.61 Å². The van der Waals surface area contributed by atoms with Gasteiger partial charge >= 0.3 is 0 Å². The third-order valence-corrected chi connectivity index (χ3v) is 1.19. The summed E-state index contributed by atoms with van der Waals surface area (Å²) in [5, 5.41) is 0. The molecule has 0 radical (unpaired) electrons. The molecule has 0 aromatic rings. The van der Waals surface area contributed by atoms with E-state index in [1.807, 2.05) is 6.92 Å². The average molecular weight is 162 g/mol. The van der Waals surface area contributed by atoms with Crippen LogP contribution in [0.5, 0.6) is 0 Å². The van der Waals surface area contributed by atoms with Crippen LogP contribution in [-0.2, 0) is 9.53 Å². The molecule has 3 heteroatoms. The number of alkyl halides is 1. The molecular weight excluding hydrogens is 147 g/mol. The highest BCUT2D eigenvalue weighted by atomic mass is 19.1. The molecule has 0 N–H and O–H groups in total. The summed E-state index contributed by atoms with van der Waals surface area (Å²) in [6, 6.07) is 0. The molecule has 0 aromatic carbocycles. The minimum absolute atomic E-state index is 0.417. The average Bonchev–Trinajstić information content (AvgIpc) is 2.75. The fourth-order valence-corrected chi connectivity index (χ4v) is 0.339. The summed E-state index contributed by atoms with van der Waals surface area (Å²) in [4.78, 5) is 9.46. The van der Waals surface area contributed by atoms with Crippen LogP contribution in [0.15, 0.2) is 0 Å². The number of rotatable bonds is 4. The van der Waals surface area contributed by atoms with Crippen LogP contribution in [0.1, 0.15) is 32.6 Å². The van der Waals surface area contributed by atoms with Gasteiger partial charge in [0.25, 0.3) is 6.47 Å². The van der Waals surface area contributed by atoms with Gasteiger partial charge in [-0.05, 0) is 19.3 Å². The van der Waals surface area contributed by atoms with Gasteiger partial charge in [0.1, 0.15) is 6.17 Å². The van der Waals surface area contributed by atoms with Gasteiger partial charge in [-0.2, -0.15) is 0 Å². The summed E-state index contributed by atoms with van der Waals surface area (Å²) in [6.07, 6.45) is 3.27. The Hall–Kier alpha value is -0.600. The van der Waals surface area contributed by atoms with Crippen molar-refractivity contribution in [3.8, 4) is 0 Å². The molecule has 11 heavy (non-hydrogen) atoms. The molecule has 0 aromatic heterocycles. The molecule has 0 unspecified atom stereocenters. The van der Waals surface area contributed by atoms with E-state index in [4.69, 9.17) is 0 Å². The lowest BCUT2D eigenvalue weighted by Gasteiger charge is -1.90. The Morgan fingerprint density at radius 2 is 2.18 bits per heavy atom. The van der Waals surface area contributed by atoms with Gasteiger partial charge in [-0.25, -0.2) is 4.39 Å². The zero-order chi connectivity index (χ0) is 8.53. The summed E-state index contributed by atoms with van der Waals surface area (Å²) in [5.41, 5.74) is 0. The number of halogens is 1. The van der Waals surface area contributed by atoms with Crippen molar-refractivity contribution in [2.24, 2.45) is 0 Å². The SMILES string of the molecule is CCCCOC=O.FC1CC1. The number of hydrogen-bond acceptors (Lipinski definition) is 2. The molecular formula is C8H15FO2. The minimum atomic E-state index is -0.417. The normalized spacial score (nSPS) is 14.7. The van der Waals surface area contributed by atoms with E-state index in [1.54, 1.807) is 0 Å². The first-order valence-electron chi connectivity index (χ1n) is 4.00. The van der Waals surface area contributed by atoms with E-state index in [0.717, 1.165) is 25.7 Å². The fraction of sp³-hybridized carbons (Fsp3) is 0.875.